The van der Waals surface area contributed by atoms with Crippen LogP contribution in [-0.4, -0.2) is 48.1 Å². The first-order valence-corrected chi connectivity index (χ1v) is 9.19. The Kier molecular flexibility index (Phi) is 5.26. The largest absolute Gasteiger partial charge is 0.455 e. The maximum absolute atomic E-state index is 11.6. The van der Waals surface area contributed by atoms with E-state index in [0.717, 1.165) is 6.08 Å². The van der Waals surface area contributed by atoms with Gasteiger partial charge in [0.25, 0.3) is 0 Å². The van der Waals surface area contributed by atoms with E-state index >= 15 is 0 Å². The SMILES string of the molecule is CC(=O)COC(=O)/C=C/c1c(C)nn([C@@H]2CCS(=O)(=O)C2)c1Cl. The Labute approximate surface area is 139 Å². The zero-order valence-electron chi connectivity index (χ0n) is 12.8. The van der Waals surface area contributed by atoms with E-state index < -0.39 is 15.8 Å². The van der Waals surface area contributed by atoms with Gasteiger partial charge in [0, 0.05) is 11.6 Å². The minimum absolute atomic E-state index is 0.0116. The highest BCUT2D eigenvalue weighted by atomic mass is 35.5. The monoisotopic (exact) mass is 360 g/mol. The van der Waals surface area contributed by atoms with E-state index in [0.29, 0.717) is 17.7 Å². The second-order valence-electron chi connectivity index (χ2n) is 5.43. The highest BCUT2D eigenvalue weighted by Gasteiger charge is 2.31. The number of sulfone groups is 1. The van der Waals surface area contributed by atoms with E-state index in [1.165, 1.54) is 17.7 Å². The number of aromatic nitrogens is 2. The van der Waals surface area contributed by atoms with Gasteiger partial charge in [-0.2, -0.15) is 5.10 Å². The third-order valence-electron chi connectivity index (χ3n) is 3.43. The third-order valence-corrected chi connectivity index (χ3v) is 5.56. The number of halogens is 1. The molecule has 0 amide bonds. The molecule has 0 spiro atoms. The fourth-order valence-electron chi connectivity index (χ4n) is 2.30. The summed E-state index contributed by atoms with van der Waals surface area (Å²) in [4.78, 5) is 22.2. The first kappa shape index (κ1) is 17.7. The fourth-order valence-corrected chi connectivity index (χ4v) is 4.37. The van der Waals surface area contributed by atoms with Crippen LogP contribution in [0.1, 0.15) is 30.6 Å². The van der Waals surface area contributed by atoms with Crippen LogP contribution in [0.3, 0.4) is 0 Å². The van der Waals surface area contributed by atoms with E-state index in [4.69, 9.17) is 16.3 Å². The van der Waals surface area contributed by atoms with Gasteiger partial charge in [0.1, 0.15) is 11.8 Å². The van der Waals surface area contributed by atoms with Crippen LogP contribution in [-0.2, 0) is 24.2 Å². The van der Waals surface area contributed by atoms with Crippen molar-refractivity contribution in [1.29, 1.82) is 0 Å². The molecule has 2 rings (SSSR count). The van der Waals surface area contributed by atoms with Gasteiger partial charge in [0.05, 0.1) is 23.2 Å². The number of esters is 1. The number of carbonyl (C=O) groups is 2. The van der Waals surface area contributed by atoms with Gasteiger partial charge in [-0.05, 0) is 26.3 Å². The average molecular weight is 361 g/mol. The number of nitrogens with zero attached hydrogens (tertiary/aromatic N) is 2. The lowest BCUT2D eigenvalue weighted by atomic mass is 10.2. The highest BCUT2D eigenvalue weighted by molar-refractivity contribution is 7.91. The lowest BCUT2D eigenvalue weighted by Gasteiger charge is -2.09. The molecule has 2 heterocycles. The normalized spacial score (nSPS) is 20.0. The molecule has 0 unspecified atom stereocenters. The lowest BCUT2D eigenvalue weighted by Crippen LogP contribution is -2.12. The van der Waals surface area contributed by atoms with Gasteiger partial charge >= 0.3 is 5.97 Å². The van der Waals surface area contributed by atoms with Crippen LogP contribution in [0.25, 0.3) is 6.08 Å². The molecule has 1 aliphatic rings. The van der Waals surface area contributed by atoms with E-state index in [1.54, 1.807) is 6.92 Å². The molecule has 0 aliphatic carbocycles. The van der Waals surface area contributed by atoms with Crippen molar-refractivity contribution in [3.63, 3.8) is 0 Å². The number of Topliss-reactive ketones (excluding diaryl/α,β-unsaturated/α-hetero) is 1. The van der Waals surface area contributed by atoms with E-state index in [2.05, 4.69) is 5.10 Å². The Morgan fingerprint density at radius 2 is 2.17 bits per heavy atom. The predicted octanol–water partition coefficient (Wildman–Crippen LogP) is 1.35. The molecular weight excluding hydrogens is 344 g/mol. The Bertz CT molecular complexity index is 766. The summed E-state index contributed by atoms with van der Waals surface area (Å²) in [7, 11) is -3.05. The average Bonchev–Trinajstić information content (AvgIpc) is 2.94. The summed E-state index contributed by atoms with van der Waals surface area (Å²) in [6.45, 7) is 2.75. The lowest BCUT2D eigenvalue weighted by molar-refractivity contribution is -0.142. The first-order valence-electron chi connectivity index (χ1n) is 6.99. The number of hydrogen-bond donors (Lipinski definition) is 0. The molecule has 9 heteroatoms. The number of aryl methyl sites for hydroxylation is 1. The summed E-state index contributed by atoms with van der Waals surface area (Å²) in [5, 5.41) is 4.55. The number of hydrogen-bond acceptors (Lipinski definition) is 6. The van der Waals surface area contributed by atoms with Crippen LogP contribution in [0.5, 0.6) is 0 Å². The number of rotatable bonds is 5. The summed E-state index contributed by atoms with van der Waals surface area (Å²) < 4.78 is 29.3. The second kappa shape index (κ2) is 6.84. The minimum atomic E-state index is -3.05. The molecule has 1 fully saturated rings. The van der Waals surface area contributed by atoms with Crippen molar-refractivity contribution in [3.8, 4) is 0 Å². The van der Waals surface area contributed by atoms with Crippen molar-refractivity contribution in [1.82, 2.24) is 9.78 Å². The maximum atomic E-state index is 11.6. The molecular formula is C14H17ClN2O5S. The summed E-state index contributed by atoms with van der Waals surface area (Å²) in [5.41, 5.74) is 1.10. The Morgan fingerprint density at radius 1 is 1.48 bits per heavy atom. The van der Waals surface area contributed by atoms with Crippen molar-refractivity contribution < 1.29 is 22.7 Å². The van der Waals surface area contributed by atoms with Crippen molar-refractivity contribution in [2.75, 3.05) is 18.1 Å². The van der Waals surface area contributed by atoms with Crippen LogP contribution in [0, 0.1) is 6.92 Å². The molecule has 7 nitrogen and oxygen atoms in total. The number of carbonyl (C=O) groups excluding carboxylic acids is 2. The summed E-state index contributed by atoms with van der Waals surface area (Å²) >= 11 is 6.26. The Hall–Kier alpha value is -1.67. The van der Waals surface area contributed by atoms with E-state index in [1.807, 2.05) is 0 Å². The zero-order chi connectivity index (χ0) is 17.2. The number of ketones is 1. The van der Waals surface area contributed by atoms with E-state index in [9.17, 15) is 18.0 Å². The Balaban J connectivity index is 2.15. The van der Waals surface area contributed by atoms with Gasteiger partial charge in [-0.3, -0.25) is 4.79 Å². The first-order chi connectivity index (χ1) is 10.7. The molecule has 1 aliphatic heterocycles. The molecule has 0 bridgehead atoms. The summed E-state index contributed by atoms with van der Waals surface area (Å²) in [5.74, 6) is -0.782. The topological polar surface area (TPSA) is 95.3 Å². The van der Waals surface area contributed by atoms with Gasteiger partial charge < -0.3 is 4.74 Å². The number of ether oxygens (including phenoxy) is 1. The van der Waals surface area contributed by atoms with Crippen LogP contribution < -0.4 is 0 Å². The standard InChI is InChI=1S/C14H17ClN2O5S/c1-9(18)7-22-13(19)4-3-12-10(2)16-17(14(12)15)11-5-6-23(20,21)8-11/h3-4,11H,5-8H2,1-2H3/b4-3+/t11-/m1/s1. The van der Waals surface area contributed by atoms with Gasteiger partial charge in [-0.25, -0.2) is 17.9 Å². The second-order valence-corrected chi connectivity index (χ2v) is 8.02. The minimum Gasteiger partial charge on any atom is -0.455 e. The summed E-state index contributed by atoms with van der Waals surface area (Å²) in [6, 6.07) is -0.294. The fraction of sp³-hybridized carbons (Fsp3) is 0.500. The van der Waals surface area contributed by atoms with Crippen molar-refractivity contribution in [3.05, 3.63) is 22.5 Å². The Morgan fingerprint density at radius 3 is 2.74 bits per heavy atom. The van der Waals surface area contributed by atoms with Gasteiger partial charge in [0.15, 0.2) is 15.6 Å². The molecule has 0 saturated carbocycles. The van der Waals surface area contributed by atoms with Crippen LogP contribution in [0.4, 0.5) is 0 Å². The predicted molar refractivity (Wildman–Crippen MR) is 85.0 cm³/mol. The van der Waals surface area contributed by atoms with Gasteiger partial charge in [0.2, 0.25) is 0 Å². The molecule has 0 aromatic carbocycles. The van der Waals surface area contributed by atoms with Gasteiger partial charge in [-0.15, -0.1) is 0 Å². The quantitative estimate of drug-likeness (QED) is 0.581. The van der Waals surface area contributed by atoms with Gasteiger partial charge in [-0.1, -0.05) is 11.6 Å². The smallest absolute Gasteiger partial charge is 0.331 e. The molecule has 1 aromatic heterocycles. The molecule has 0 N–H and O–H groups in total. The molecule has 1 aromatic rings. The molecule has 0 radical (unpaired) electrons. The van der Waals surface area contributed by atoms with Crippen molar-refractivity contribution in [2.45, 2.75) is 26.3 Å². The summed E-state index contributed by atoms with van der Waals surface area (Å²) in [6.07, 6.45) is 3.08. The third kappa shape index (κ3) is 4.42. The molecule has 1 saturated heterocycles. The van der Waals surface area contributed by atoms with Crippen LogP contribution in [0.2, 0.25) is 5.15 Å². The van der Waals surface area contributed by atoms with Crippen LogP contribution >= 0.6 is 11.6 Å². The van der Waals surface area contributed by atoms with E-state index in [-0.39, 0.29) is 35.1 Å². The maximum Gasteiger partial charge on any atom is 0.331 e. The van der Waals surface area contributed by atoms with Crippen molar-refractivity contribution in [2.24, 2.45) is 0 Å². The molecule has 126 valence electrons. The zero-order valence-corrected chi connectivity index (χ0v) is 14.4. The molecule has 23 heavy (non-hydrogen) atoms. The highest BCUT2D eigenvalue weighted by Crippen LogP contribution is 2.30. The van der Waals surface area contributed by atoms with Crippen molar-refractivity contribution >= 4 is 39.3 Å². The molecule has 1 atom stereocenters. The van der Waals surface area contributed by atoms with Crippen LogP contribution in [0.15, 0.2) is 6.08 Å².